The molecule has 6 atom stereocenters. The summed E-state index contributed by atoms with van der Waals surface area (Å²) in [5.41, 5.74) is 8.97. The average molecular weight is 508 g/mol. The number of Topliss-reactive ketones (excluding diaryl/α,β-unsaturated/α-hetero) is 4. The quantitative estimate of drug-likeness (QED) is 0.223. The first kappa shape index (κ1) is 24.7. The number of carbonyl (C=O) groups is 5. The number of hydrogen-bond donors (Lipinski definition) is 4. The molecule has 12 heteroatoms. The van der Waals surface area contributed by atoms with Crippen molar-refractivity contribution in [2.45, 2.75) is 24.5 Å². The number of phenols is 1. The van der Waals surface area contributed by atoms with Gasteiger partial charge in [-0.15, -0.1) is 0 Å². The van der Waals surface area contributed by atoms with Crippen LogP contribution in [0.2, 0.25) is 0 Å². The Kier molecular flexibility index (Phi) is 5.50. The molecule has 2 unspecified atom stereocenters. The van der Waals surface area contributed by atoms with E-state index < -0.39 is 70.1 Å². The number of nitrogens with zero attached hydrogens (tertiary/aromatic N) is 3. The topological polar surface area (TPSA) is 207 Å². The van der Waals surface area contributed by atoms with Gasteiger partial charge < -0.3 is 21.7 Å². The van der Waals surface area contributed by atoms with Crippen molar-refractivity contribution in [1.29, 1.82) is 0 Å². The molecule has 1 amide bonds. The number of fused-ring (bicyclic) bond motifs is 3. The molecule has 0 radical (unpaired) electrons. The number of phenolic OH excluding ortho intramolecular Hbond substituents is 1. The predicted octanol–water partition coefficient (Wildman–Crippen LogP) is -1.09. The third-order valence-corrected chi connectivity index (χ3v) is 7.90. The Hall–Kier alpha value is -4.03. The first-order valence-corrected chi connectivity index (χ1v) is 11.7. The summed E-state index contributed by atoms with van der Waals surface area (Å²) in [5.74, 6) is -11.0. The van der Waals surface area contributed by atoms with Gasteiger partial charge in [-0.1, -0.05) is 0 Å². The smallest absolute Gasteiger partial charge is 0.235 e. The molecule has 192 valence electrons. The average Bonchev–Trinajstić information content (AvgIpc) is 2.83. The number of likely N-dealkylation sites (N-methyl/N-ethyl adjacent to an activating group) is 1. The molecule has 2 fully saturated rings. The van der Waals surface area contributed by atoms with Crippen LogP contribution in [0.3, 0.4) is 0 Å². The summed E-state index contributed by atoms with van der Waals surface area (Å²) in [6.07, 6.45) is 3.05. The standard InChI is InChI=1S/C25H25N5O7/c1-30(2)17-12-7-9-6-10-11(24-28-4-3-5-29-24)8-13(26)18(31)15(10)19(32)14(9)21(34)25(12,37)22(35)16(20(17)33)23(27)36/h3-5,8-9,12,14,16-17,31,37H,6-7,26H2,1-2H3,(H2,27,36)/t9-,12-,14?,16?,17-,25-/m1/s1. The number of rotatable bonds is 3. The first-order chi connectivity index (χ1) is 17.4. The Bertz CT molecular complexity index is 1390. The van der Waals surface area contributed by atoms with Crippen LogP contribution in [-0.2, 0) is 25.6 Å². The highest BCUT2D eigenvalue weighted by atomic mass is 16.3. The number of amides is 1. The number of nitrogens with two attached hydrogens (primary N) is 2. The lowest BCUT2D eigenvalue weighted by atomic mass is 9.52. The number of anilines is 1. The zero-order valence-electron chi connectivity index (χ0n) is 20.0. The van der Waals surface area contributed by atoms with Crippen LogP contribution in [0, 0.1) is 23.7 Å². The van der Waals surface area contributed by atoms with Crippen molar-refractivity contribution in [2.75, 3.05) is 19.8 Å². The zero-order valence-corrected chi connectivity index (χ0v) is 20.0. The summed E-state index contributed by atoms with van der Waals surface area (Å²) in [6.45, 7) is 0. The summed E-state index contributed by atoms with van der Waals surface area (Å²) < 4.78 is 0. The lowest BCUT2D eigenvalue weighted by molar-refractivity contribution is -0.181. The number of benzene rings is 1. The summed E-state index contributed by atoms with van der Waals surface area (Å²) in [7, 11) is 3.06. The summed E-state index contributed by atoms with van der Waals surface area (Å²) in [5, 5.41) is 22.3. The molecule has 1 aromatic heterocycles. The van der Waals surface area contributed by atoms with E-state index in [1.807, 2.05) is 0 Å². The van der Waals surface area contributed by atoms with Crippen LogP contribution in [0.1, 0.15) is 22.3 Å². The molecule has 0 aliphatic heterocycles. The summed E-state index contributed by atoms with van der Waals surface area (Å²) >= 11 is 0. The van der Waals surface area contributed by atoms with Gasteiger partial charge in [-0.05, 0) is 50.6 Å². The molecular formula is C25H25N5O7. The second kappa shape index (κ2) is 8.25. The maximum atomic E-state index is 13.8. The molecule has 1 heterocycles. The van der Waals surface area contributed by atoms with Crippen molar-refractivity contribution in [3.05, 3.63) is 35.7 Å². The van der Waals surface area contributed by atoms with Gasteiger partial charge in [0.2, 0.25) is 5.91 Å². The number of aromatic hydroxyl groups is 1. The third-order valence-electron chi connectivity index (χ3n) is 7.90. The Morgan fingerprint density at radius 1 is 1.14 bits per heavy atom. The second-order valence-corrected chi connectivity index (χ2v) is 10.1. The molecule has 12 nitrogen and oxygen atoms in total. The van der Waals surface area contributed by atoms with Gasteiger partial charge in [0.25, 0.3) is 0 Å². The highest BCUT2D eigenvalue weighted by Gasteiger charge is 2.69. The monoisotopic (exact) mass is 507 g/mol. The fraction of sp³-hybridized carbons (Fsp3) is 0.400. The van der Waals surface area contributed by atoms with Gasteiger partial charge in [-0.2, -0.15) is 0 Å². The summed E-state index contributed by atoms with van der Waals surface area (Å²) in [4.78, 5) is 76.0. The largest absolute Gasteiger partial charge is 0.505 e. The fourth-order valence-electron chi connectivity index (χ4n) is 6.33. The van der Waals surface area contributed by atoms with Crippen LogP contribution in [0.25, 0.3) is 11.4 Å². The van der Waals surface area contributed by atoms with E-state index in [9.17, 15) is 34.2 Å². The van der Waals surface area contributed by atoms with Crippen LogP contribution in [0.4, 0.5) is 5.69 Å². The van der Waals surface area contributed by atoms with Gasteiger partial charge in [-0.3, -0.25) is 28.9 Å². The number of aliphatic hydroxyl groups is 1. The van der Waals surface area contributed by atoms with Crippen molar-refractivity contribution >= 4 is 34.7 Å². The third kappa shape index (κ3) is 3.25. The zero-order chi connectivity index (χ0) is 27.0. The number of nitrogen functional groups attached to an aromatic ring is 1. The Labute approximate surface area is 210 Å². The first-order valence-electron chi connectivity index (χ1n) is 11.7. The van der Waals surface area contributed by atoms with Gasteiger partial charge in [0.15, 0.2) is 40.5 Å². The van der Waals surface area contributed by atoms with E-state index in [0.29, 0.717) is 11.1 Å². The van der Waals surface area contributed by atoms with E-state index in [4.69, 9.17) is 11.5 Å². The van der Waals surface area contributed by atoms with Crippen LogP contribution >= 0.6 is 0 Å². The lowest BCUT2D eigenvalue weighted by Gasteiger charge is -2.52. The maximum Gasteiger partial charge on any atom is 0.235 e. The minimum atomic E-state index is -2.78. The maximum absolute atomic E-state index is 13.8. The van der Waals surface area contributed by atoms with Crippen LogP contribution in [-0.4, -0.2) is 79.9 Å². The highest BCUT2D eigenvalue weighted by Crippen LogP contribution is 2.52. The fourth-order valence-corrected chi connectivity index (χ4v) is 6.33. The van der Waals surface area contributed by atoms with Crippen molar-refractivity contribution in [2.24, 2.45) is 29.4 Å². The van der Waals surface area contributed by atoms with Crippen molar-refractivity contribution in [1.82, 2.24) is 14.9 Å². The van der Waals surface area contributed by atoms with Gasteiger partial charge in [-0.25, -0.2) is 9.97 Å². The SMILES string of the molecule is CN(C)[C@H]1C(=O)C(C(N)=O)C(=O)[C@]2(O)C(=O)C3C(=O)c4c(O)c(N)cc(-c5ncccn5)c4C[C@@H]3C[C@H]12. The van der Waals surface area contributed by atoms with E-state index >= 15 is 0 Å². The van der Waals surface area contributed by atoms with Gasteiger partial charge in [0.05, 0.1) is 23.2 Å². The predicted molar refractivity (Wildman–Crippen MR) is 127 cm³/mol. The molecule has 2 saturated carbocycles. The number of hydrogen-bond acceptors (Lipinski definition) is 11. The molecular weight excluding hydrogens is 482 g/mol. The van der Waals surface area contributed by atoms with Gasteiger partial charge in [0.1, 0.15) is 5.75 Å². The van der Waals surface area contributed by atoms with Crippen LogP contribution < -0.4 is 11.5 Å². The van der Waals surface area contributed by atoms with E-state index in [0.717, 1.165) is 0 Å². The van der Waals surface area contributed by atoms with E-state index in [-0.39, 0.29) is 29.9 Å². The molecule has 0 bridgehead atoms. The minimum Gasteiger partial charge on any atom is -0.505 e. The molecule has 3 aliphatic carbocycles. The number of ketones is 4. The summed E-state index contributed by atoms with van der Waals surface area (Å²) in [6, 6.07) is 1.89. The van der Waals surface area contributed by atoms with Gasteiger partial charge in [0, 0.05) is 23.9 Å². The lowest BCUT2D eigenvalue weighted by Crippen LogP contribution is -2.74. The number of primary amides is 1. The van der Waals surface area contributed by atoms with Crippen molar-refractivity contribution in [3.8, 4) is 17.1 Å². The van der Waals surface area contributed by atoms with E-state index in [2.05, 4.69) is 9.97 Å². The van der Waals surface area contributed by atoms with Crippen molar-refractivity contribution in [3.63, 3.8) is 0 Å². The Morgan fingerprint density at radius 2 is 1.78 bits per heavy atom. The van der Waals surface area contributed by atoms with Gasteiger partial charge >= 0.3 is 0 Å². The minimum absolute atomic E-state index is 0.0515. The molecule has 6 N–H and O–H groups in total. The molecule has 2 aromatic rings. The Balaban J connectivity index is 1.69. The Morgan fingerprint density at radius 3 is 2.38 bits per heavy atom. The van der Waals surface area contributed by atoms with E-state index in [1.165, 1.54) is 37.5 Å². The molecule has 37 heavy (non-hydrogen) atoms. The number of aromatic nitrogens is 2. The van der Waals surface area contributed by atoms with Crippen LogP contribution in [0.5, 0.6) is 5.75 Å². The molecule has 0 saturated heterocycles. The normalized spacial score (nSPS) is 31.1. The van der Waals surface area contributed by atoms with E-state index in [1.54, 1.807) is 6.07 Å². The molecule has 0 spiro atoms. The molecule has 5 rings (SSSR count). The molecule has 3 aliphatic rings. The second-order valence-electron chi connectivity index (χ2n) is 10.1. The highest BCUT2D eigenvalue weighted by molar-refractivity contribution is 6.32. The molecule has 1 aromatic carbocycles. The van der Waals surface area contributed by atoms with Crippen LogP contribution in [0.15, 0.2) is 24.5 Å². The van der Waals surface area contributed by atoms with Crippen molar-refractivity contribution < 1.29 is 34.2 Å². The number of carbonyl (C=O) groups excluding carboxylic acids is 5.